The van der Waals surface area contributed by atoms with Crippen LogP contribution in [0.15, 0.2) is 47.4 Å². The third kappa shape index (κ3) is 2.85. The van der Waals surface area contributed by atoms with Crippen LogP contribution in [0.2, 0.25) is 5.02 Å². The summed E-state index contributed by atoms with van der Waals surface area (Å²) in [5.74, 6) is 1.30. The van der Waals surface area contributed by atoms with Crippen molar-refractivity contribution in [3.05, 3.63) is 53.1 Å². The highest BCUT2D eigenvalue weighted by molar-refractivity contribution is 7.87. The molecule has 2 unspecified atom stereocenters. The van der Waals surface area contributed by atoms with Gasteiger partial charge in [0.25, 0.3) is 0 Å². The Morgan fingerprint density at radius 3 is 2.92 bits per heavy atom. The molecular formula is C17H16ClNO4S. The molecule has 0 bridgehead atoms. The fraction of sp³-hybridized carbons (Fsp3) is 0.294. The Kier molecular flexibility index (Phi) is 3.90. The van der Waals surface area contributed by atoms with E-state index >= 15 is 0 Å². The van der Waals surface area contributed by atoms with Crippen molar-refractivity contribution in [2.75, 3.05) is 13.1 Å². The van der Waals surface area contributed by atoms with E-state index < -0.39 is 10.1 Å². The second-order valence-electron chi connectivity index (χ2n) is 5.95. The molecule has 2 aliphatic rings. The third-order valence-corrected chi connectivity index (χ3v) is 5.86. The molecule has 0 aliphatic carbocycles. The molecule has 1 N–H and O–H groups in total. The summed E-state index contributed by atoms with van der Waals surface area (Å²) in [7, 11) is -3.93. The summed E-state index contributed by atoms with van der Waals surface area (Å²) >= 11 is 5.85. The molecule has 5 nitrogen and oxygen atoms in total. The number of fused-ring (bicyclic) bond motifs is 3. The molecule has 2 atom stereocenters. The van der Waals surface area contributed by atoms with E-state index in [0.29, 0.717) is 16.7 Å². The summed E-state index contributed by atoms with van der Waals surface area (Å²) in [6, 6.07) is 11.2. The Morgan fingerprint density at radius 2 is 2.08 bits per heavy atom. The lowest BCUT2D eigenvalue weighted by atomic mass is 9.90. The summed E-state index contributed by atoms with van der Waals surface area (Å²) < 4.78 is 35.9. The third-order valence-electron chi connectivity index (χ3n) is 4.38. The van der Waals surface area contributed by atoms with E-state index in [1.165, 1.54) is 12.1 Å². The average molecular weight is 366 g/mol. The SMILES string of the molecule is O=S(=O)(Oc1ccc2c(c1)OC1CNCCC21)c1cccc(Cl)c1. The predicted octanol–water partition coefficient (Wildman–Crippen LogP) is 2.95. The van der Waals surface area contributed by atoms with E-state index in [9.17, 15) is 8.42 Å². The van der Waals surface area contributed by atoms with Gasteiger partial charge in [-0.2, -0.15) is 8.42 Å². The van der Waals surface area contributed by atoms with Gasteiger partial charge in [0.15, 0.2) is 0 Å². The summed E-state index contributed by atoms with van der Waals surface area (Å²) in [4.78, 5) is 0.0225. The molecule has 0 aromatic heterocycles. The van der Waals surface area contributed by atoms with Crippen molar-refractivity contribution < 1.29 is 17.3 Å². The first-order chi connectivity index (χ1) is 11.5. The number of rotatable bonds is 3. The minimum Gasteiger partial charge on any atom is -0.488 e. The Morgan fingerprint density at radius 1 is 1.21 bits per heavy atom. The maximum Gasteiger partial charge on any atom is 0.339 e. The molecule has 0 amide bonds. The van der Waals surface area contributed by atoms with Crippen molar-refractivity contribution in [1.82, 2.24) is 5.32 Å². The van der Waals surface area contributed by atoms with E-state index in [1.807, 2.05) is 6.07 Å². The highest BCUT2D eigenvalue weighted by Gasteiger charge is 2.36. The van der Waals surface area contributed by atoms with E-state index in [4.69, 9.17) is 20.5 Å². The number of piperidine rings is 1. The largest absolute Gasteiger partial charge is 0.488 e. The van der Waals surface area contributed by atoms with Crippen molar-refractivity contribution in [3.63, 3.8) is 0 Å². The van der Waals surface area contributed by atoms with E-state index in [2.05, 4.69) is 5.32 Å². The first-order valence-electron chi connectivity index (χ1n) is 7.74. The molecule has 2 aliphatic heterocycles. The van der Waals surface area contributed by atoms with Gasteiger partial charge in [-0.05, 0) is 37.2 Å². The van der Waals surface area contributed by atoms with Crippen LogP contribution in [0.4, 0.5) is 0 Å². The van der Waals surface area contributed by atoms with Crippen LogP contribution in [0.5, 0.6) is 11.5 Å². The summed E-state index contributed by atoms with van der Waals surface area (Å²) in [5.41, 5.74) is 1.12. The van der Waals surface area contributed by atoms with Crippen LogP contribution in [0, 0.1) is 0 Å². The lowest BCUT2D eigenvalue weighted by molar-refractivity contribution is 0.176. The fourth-order valence-corrected chi connectivity index (χ4v) is 4.47. The van der Waals surface area contributed by atoms with Gasteiger partial charge in [0.05, 0.1) is 0 Å². The highest BCUT2D eigenvalue weighted by atomic mass is 35.5. The smallest absolute Gasteiger partial charge is 0.339 e. The molecule has 0 saturated carbocycles. The van der Waals surface area contributed by atoms with Gasteiger partial charge in [-0.25, -0.2) is 0 Å². The standard InChI is InChI=1S/C17H16ClNO4S/c18-11-2-1-3-13(8-11)24(20,21)23-12-4-5-14-15-6-7-19-10-17(15)22-16(14)9-12/h1-5,8-9,15,17,19H,6-7,10H2. The quantitative estimate of drug-likeness (QED) is 0.847. The van der Waals surface area contributed by atoms with Gasteiger partial charge in [0, 0.05) is 29.1 Å². The van der Waals surface area contributed by atoms with Crippen LogP contribution in [0.25, 0.3) is 0 Å². The molecule has 2 aromatic carbocycles. The van der Waals surface area contributed by atoms with Crippen LogP contribution in [0.3, 0.4) is 0 Å². The Bertz CT molecular complexity index is 884. The number of halogens is 1. The molecule has 24 heavy (non-hydrogen) atoms. The van der Waals surface area contributed by atoms with Gasteiger partial charge in [-0.3, -0.25) is 0 Å². The van der Waals surface area contributed by atoms with Crippen molar-refractivity contribution in [3.8, 4) is 11.5 Å². The van der Waals surface area contributed by atoms with E-state index in [1.54, 1.807) is 24.3 Å². The first-order valence-corrected chi connectivity index (χ1v) is 9.53. The van der Waals surface area contributed by atoms with Crippen molar-refractivity contribution in [2.24, 2.45) is 0 Å². The van der Waals surface area contributed by atoms with Gasteiger partial charge in [0.2, 0.25) is 0 Å². The zero-order chi connectivity index (χ0) is 16.7. The van der Waals surface area contributed by atoms with Gasteiger partial charge >= 0.3 is 10.1 Å². The monoisotopic (exact) mass is 365 g/mol. The predicted molar refractivity (Wildman–Crippen MR) is 90.4 cm³/mol. The zero-order valence-corrected chi connectivity index (χ0v) is 14.3. The van der Waals surface area contributed by atoms with Crippen LogP contribution >= 0.6 is 11.6 Å². The molecule has 0 spiro atoms. The molecule has 1 fully saturated rings. The minimum atomic E-state index is -3.93. The molecular weight excluding hydrogens is 350 g/mol. The normalized spacial score (nSPS) is 22.4. The average Bonchev–Trinajstić information content (AvgIpc) is 2.92. The van der Waals surface area contributed by atoms with Crippen molar-refractivity contribution >= 4 is 21.7 Å². The highest BCUT2D eigenvalue weighted by Crippen LogP contribution is 2.43. The summed E-state index contributed by atoms with van der Waals surface area (Å²) in [6.45, 7) is 1.77. The molecule has 2 heterocycles. The lowest BCUT2D eigenvalue weighted by Crippen LogP contribution is -2.39. The van der Waals surface area contributed by atoms with Gasteiger partial charge in [-0.1, -0.05) is 23.7 Å². The Balaban J connectivity index is 1.60. The maximum atomic E-state index is 12.4. The van der Waals surface area contributed by atoms with Crippen LogP contribution in [0.1, 0.15) is 17.9 Å². The van der Waals surface area contributed by atoms with Crippen LogP contribution in [-0.4, -0.2) is 27.6 Å². The van der Waals surface area contributed by atoms with Crippen LogP contribution < -0.4 is 14.2 Å². The molecule has 2 aromatic rings. The lowest BCUT2D eigenvalue weighted by Gasteiger charge is -2.24. The van der Waals surface area contributed by atoms with E-state index in [0.717, 1.165) is 25.1 Å². The molecule has 4 rings (SSSR count). The van der Waals surface area contributed by atoms with Gasteiger partial charge in [0.1, 0.15) is 22.5 Å². The van der Waals surface area contributed by atoms with Crippen LogP contribution in [-0.2, 0) is 10.1 Å². The number of hydrogen-bond donors (Lipinski definition) is 1. The summed E-state index contributed by atoms with van der Waals surface area (Å²) in [6.07, 6.45) is 1.12. The van der Waals surface area contributed by atoms with E-state index in [-0.39, 0.29) is 16.7 Å². The Hall–Kier alpha value is -1.76. The number of ether oxygens (including phenoxy) is 1. The number of hydrogen-bond acceptors (Lipinski definition) is 5. The zero-order valence-electron chi connectivity index (χ0n) is 12.7. The molecule has 0 radical (unpaired) electrons. The molecule has 1 saturated heterocycles. The topological polar surface area (TPSA) is 64.6 Å². The van der Waals surface area contributed by atoms with Crippen molar-refractivity contribution in [1.29, 1.82) is 0 Å². The first kappa shape index (κ1) is 15.7. The Labute approximate surface area is 145 Å². The molecule has 126 valence electrons. The van der Waals surface area contributed by atoms with Gasteiger partial charge in [-0.15, -0.1) is 0 Å². The maximum absolute atomic E-state index is 12.4. The number of nitrogens with one attached hydrogen (secondary N) is 1. The summed E-state index contributed by atoms with van der Waals surface area (Å²) in [5, 5.41) is 3.65. The number of benzene rings is 2. The second-order valence-corrected chi connectivity index (χ2v) is 7.93. The minimum absolute atomic E-state index is 0.0225. The van der Waals surface area contributed by atoms with Gasteiger partial charge < -0.3 is 14.2 Å². The molecule has 7 heteroatoms. The van der Waals surface area contributed by atoms with Crippen molar-refractivity contribution in [2.45, 2.75) is 23.3 Å². The fourth-order valence-electron chi connectivity index (χ4n) is 3.24. The second kappa shape index (κ2) is 5.95.